The topological polar surface area (TPSA) is 54.0 Å². The third-order valence-corrected chi connectivity index (χ3v) is 8.25. The van der Waals surface area contributed by atoms with Crippen molar-refractivity contribution >= 4 is 20.8 Å². The van der Waals surface area contributed by atoms with Crippen LogP contribution in [0.5, 0.6) is 0 Å². The molecule has 0 spiro atoms. The Bertz CT molecular complexity index is 813. The first-order valence-electron chi connectivity index (χ1n) is 11.4. The minimum absolute atomic E-state index is 0.355. The van der Waals surface area contributed by atoms with Crippen LogP contribution in [0.2, 0.25) is 6.04 Å². The van der Waals surface area contributed by atoms with Crippen molar-refractivity contribution in [2.24, 2.45) is 0 Å². The summed E-state index contributed by atoms with van der Waals surface area (Å²) in [4.78, 5) is 11.2. The number of hydrogen-bond acceptors (Lipinski definition) is 5. The number of carbonyl (C=O) groups excluding carboxylic acids is 1. The smallest absolute Gasteiger partial charge is 0.466 e. The Morgan fingerprint density at radius 1 is 0.812 bits per heavy atom. The van der Waals surface area contributed by atoms with E-state index in [1.807, 2.05) is 32.9 Å². The Hall–Kier alpha value is -2.25. The number of methoxy groups -OCH3 is 1. The molecule has 2 aromatic rings. The van der Waals surface area contributed by atoms with Crippen LogP contribution in [0.15, 0.2) is 54.6 Å². The summed E-state index contributed by atoms with van der Waals surface area (Å²) in [5.74, 6) is -0.355. The molecular weight excluding hydrogens is 420 g/mol. The van der Waals surface area contributed by atoms with Gasteiger partial charge < -0.3 is 18.0 Å². The Kier molecular flexibility index (Phi) is 11.4. The van der Waals surface area contributed by atoms with Gasteiger partial charge in [0.2, 0.25) is 0 Å². The van der Waals surface area contributed by atoms with Crippen LogP contribution in [-0.4, -0.2) is 41.7 Å². The van der Waals surface area contributed by atoms with Gasteiger partial charge in [0, 0.05) is 31.9 Å². The van der Waals surface area contributed by atoms with E-state index in [-0.39, 0.29) is 5.97 Å². The number of rotatable bonds is 14. The standard InChI is InChI=1S/C26H36O5Si/c1-5-29-32(30-6-2,31-7-3)21-9-8-10-22-11-16-24(17-12-22)25-18-13-23(14-19-25)15-20-26(27)28-4/h11-20H,5-10,21H2,1-4H3/b20-15+. The molecule has 5 nitrogen and oxygen atoms in total. The molecule has 0 radical (unpaired) electrons. The summed E-state index contributed by atoms with van der Waals surface area (Å²) in [5, 5.41) is 0. The Morgan fingerprint density at radius 2 is 1.34 bits per heavy atom. The highest BCUT2D eigenvalue weighted by atomic mass is 28.4. The fraction of sp³-hybridized carbons (Fsp3) is 0.423. The highest BCUT2D eigenvalue weighted by Gasteiger charge is 2.39. The molecule has 6 heteroatoms. The fourth-order valence-corrected chi connectivity index (χ4v) is 6.24. The van der Waals surface area contributed by atoms with Crippen LogP contribution in [0.25, 0.3) is 17.2 Å². The molecule has 0 aliphatic heterocycles. The van der Waals surface area contributed by atoms with Crippen LogP contribution in [-0.2, 0) is 29.2 Å². The average Bonchev–Trinajstić information content (AvgIpc) is 2.81. The van der Waals surface area contributed by atoms with E-state index in [4.69, 9.17) is 13.3 Å². The van der Waals surface area contributed by atoms with Gasteiger partial charge in [-0.05, 0) is 68.4 Å². The van der Waals surface area contributed by atoms with Gasteiger partial charge in [-0.15, -0.1) is 0 Å². The summed E-state index contributed by atoms with van der Waals surface area (Å²) in [7, 11) is -1.16. The number of hydrogen-bond donors (Lipinski definition) is 0. The van der Waals surface area contributed by atoms with Gasteiger partial charge in [0.1, 0.15) is 0 Å². The van der Waals surface area contributed by atoms with E-state index in [1.165, 1.54) is 24.3 Å². The van der Waals surface area contributed by atoms with Gasteiger partial charge in [0.05, 0.1) is 7.11 Å². The summed E-state index contributed by atoms with van der Waals surface area (Å²) in [6.45, 7) is 7.85. The lowest BCUT2D eigenvalue weighted by atomic mass is 10.0. The van der Waals surface area contributed by atoms with Crippen LogP contribution in [0.4, 0.5) is 0 Å². The lowest BCUT2D eigenvalue weighted by molar-refractivity contribution is -0.134. The predicted octanol–water partition coefficient (Wildman–Crippen LogP) is 5.91. The minimum Gasteiger partial charge on any atom is -0.466 e. The van der Waals surface area contributed by atoms with Crippen molar-refractivity contribution in [1.82, 2.24) is 0 Å². The van der Waals surface area contributed by atoms with E-state index in [0.29, 0.717) is 19.8 Å². The highest BCUT2D eigenvalue weighted by Crippen LogP contribution is 2.23. The first-order valence-corrected chi connectivity index (χ1v) is 13.4. The number of benzene rings is 2. The first kappa shape index (κ1) is 26.0. The van der Waals surface area contributed by atoms with Crippen LogP contribution < -0.4 is 0 Å². The number of ether oxygens (including phenoxy) is 1. The van der Waals surface area contributed by atoms with Gasteiger partial charge in [-0.1, -0.05) is 48.5 Å². The van der Waals surface area contributed by atoms with E-state index in [2.05, 4.69) is 41.1 Å². The predicted molar refractivity (Wildman–Crippen MR) is 131 cm³/mol. The lowest BCUT2D eigenvalue weighted by Crippen LogP contribution is -2.45. The molecule has 0 aliphatic carbocycles. The van der Waals surface area contributed by atoms with Crippen molar-refractivity contribution in [2.45, 2.75) is 46.1 Å². The molecule has 2 aromatic carbocycles. The first-order chi connectivity index (χ1) is 15.6. The fourth-order valence-electron chi connectivity index (χ4n) is 3.55. The third kappa shape index (κ3) is 8.35. The minimum atomic E-state index is -2.54. The molecule has 0 saturated heterocycles. The Labute approximate surface area is 193 Å². The molecule has 174 valence electrons. The van der Waals surface area contributed by atoms with Crippen molar-refractivity contribution < 1.29 is 22.8 Å². The second kappa shape index (κ2) is 14.0. The summed E-state index contributed by atoms with van der Waals surface area (Å²) in [5.41, 5.74) is 4.60. The molecule has 0 aromatic heterocycles. The summed E-state index contributed by atoms with van der Waals surface area (Å²) < 4.78 is 22.4. The molecule has 32 heavy (non-hydrogen) atoms. The monoisotopic (exact) mass is 456 g/mol. The highest BCUT2D eigenvalue weighted by molar-refractivity contribution is 6.60. The van der Waals surface area contributed by atoms with E-state index in [9.17, 15) is 4.79 Å². The molecule has 0 amide bonds. The van der Waals surface area contributed by atoms with Crippen molar-refractivity contribution in [1.29, 1.82) is 0 Å². The van der Waals surface area contributed by atoms with Gasteiger partial charge in [0.15, 0.2) is 0 Å². The number of unbranched alkanes of at least 4 members (excludes halogenated alkanes) is 1. The molecule has 0 unspecified atom stereocenters. The maximum absolute atomic E-state index is 11.2. The summed E-state index contributed by atoms with van der Waals surface area (Å²) >= 11 is 0. The molecule has 0 bridgehead atoms. The van der Waals surface area contributed by atoms with Gasteiger partial charge in [-0.3, -0.25) is 0 Å². The maximum Gasteiger partial charge on any atom is 0.500 e. The Morgan fingerprint density at radius 3 is 1.84 bits per heavy atom. The zero-order valence-electron chi connectivity index (χ0n) is 19.8. The van der Waals surface area contributed by atoms with Crippen molar-refractivity contribution in [3.63, 3.8) is 0 Å². The molecule has 0 N–H and O–H groups in total. The second-order valence-corrected chi connectivity index (χ2v) is 10.1. The number of aryl methyl sites for hydroxylation is 1. The van der Waals surface area contributed by atoms with Gasteiger partial charge in [-0.25, -0.2) is 4.79 Å². The maximum atomic E-state index is 11.2. The van der Waals surface area contributed by atoms with Gasteiger partial charge >= 0.3 is 14.8 Å². The van der Waals surface area contributed by atoms with Crippen molar-refractivity contribution in [3.8, 4) is 11.1 Å². The van der Waals surface area contributed by atoms with E-state index >= 15 is 0 Å². The average molecular weight is 457 g/mol. The summed E-state index contributed by atoms with van der Waals surface area (Å²) in [6, 6.07) is 17.7. The van der Waals surface area contributed by atoms with Crippen LogP contribution in [0.1, 0.15) is 44.7 Å². The second-order valence-electron chi connectivity index (χ2n) is 7.36. The van der Waals surface area contributed by atoms with E-state index < -0.39 is 8.80 Å². The summed E-state index contributed by atoms with van der Waals surface area (Å²) in [6.07, 6.45) is 6.29. The SMILES string of the molecule is CCO[Si](CCCCc1ccc(-c2ccc(/C=C/C(=O)OC)cc2)cc1)(OCC)OCC. The normalized spacial score (nSPS) is 11.8. The zero-order valence-corrected chi connectivity index (χ0v) is 20.8. The molecule has 0 aliphatic rings. The van der Waals surface area contributed by atoms with E-state index in [0.717, 1.165) is 36.4 Å². The third-order valence-electron chi connectivity index (χ3n) is 5.10. The number of carbonyl (C=O) groups is 1. The molecule has 0 fully saturated rings. The lowest BCUT2D eigenvalue weighted by Gasteiger charge is -2.28. The molecule has 0 atom stereocenters. The number of esters is 1. The molecular formula is C26H36O5Si. The largest absolute Gasteiger partial charge is 0.500 e. The molecule has 2 rings (SSSR count). The van der Waals surface area contributed by atoms with Crippen molar-refractivity contribution in [2.75, 3.05) is 26.9 Å². The molecule has 0 saturated carbocycles. The van der Waals surface area contributed by atoms with Crippen molar-refractivity contribution in [3.05, 3.63) is 65.7 Å². The van der Waals surface area contributed by atoms with Crippen LogP contribution in [0, 0.1) is 0 Å². The molecule has 0 heterocycles. The van der Waals surface area contributed by atoms with Crippen LogP contribution >= 0.6 is 0 Å². The van der Waals surface area contributed by atoms with E-state index in [1.54, 1.807) is 6.08 Å². The quantitative estimate of drug-likeness (QED) is 0.153. The Balaban J connectivity index is 1.88. The van der Waals surface area contributed by atoms with Gasteiger partial charge in [-0.2, -0.15) is 0 Å². The van der Waals surface area contributed by atoms with Crippen LogP contribution in [0.3, 0.4) is 0 Å². The zero-order chi connectivity index (χ0) is 23.2. The van der Waals surface area contributed by atoms with Gasteiger partial charge in [0.25, 0.3) is 0 Å².